The van der Waals surface area contributed by atoms with Gasteiger partial charge in [-0.2, -0.15) is 0 Å². The molecule has 0 atom stereocenters. The molecule has 0 unspecified atom stereocenters. The van der Waals surface area contributed by atoms with Crippen LogP contribution in [0, 0.1) is 6.20 Å². The molecule has 5 rings (SSSR count). The van der Waals surface area contributed by atoms with E-state index in [-0.39, 0.29) is 36.8 Å². The van der Waals surface area contributed by atoms with Crippen molar-refractivity contribution < 1.29 is 28.9 Å². The van der Waals surface area contributed by atoms with Crippen molar-refractivity contribution in [3.63, 3.8) is 0 Å². The molecular weight excluding hydrogens is 510 g/mol. The number of fused-ring (bicyclic) bond motifs is 4. The van der Waals surface area contributed by atoms with E-state index in [0.29, 0.717) is 16.8 Å². The maximum Gasteiger partial charge on any atom is 0.268 e. The summed E-state index contributed by atoms with van der Waals surface area (Å²) in [6, 6.07) is 16.1. The first kappa shape index (κ1) is 16.9. The molecule has 1 aliphatic carbocycles. The second kappa shape index (κ2) is 6.04. The summed E-state index contributed by atoms with van der Waals surface area (Å²) < 4.78 is 30.2. The van der Waals surface area contributed by atoms with Crippen LogP contribution >= 0.6 is 0 Å². The van der Waals surface area contributed by atoms with Crippen molar-refractivity contribution in [2.45, 2.75) is 5.92 Å². The summed E-state index contributed by atoms with van der Waals surface area (Å²) >= 11 is 0. The second-order valence-electron chi connectivity index (χ2n) is 6.07. The molecule has 0 fully saturated rings. The maximum absolute atomic E-state index is 15.1. The van der Waals surface area contributed by atoms with Gasteiger partial charge in [-0.05, 0) is 40.0 Å². The number of hydrogen-bond donors (Lipinski definition) is 0. The molecule has 0 saturated carbocycles. The second-order valence-corrected chi connectivity index (χ2v) is 6.07. The Morgan fingerprint density at radius 2 is 1.58 bits per heavy atom. The summed E-state index contributed by atoms with van der Waals surface area (Å²) in [5.74, 6) is -3.09. The Bertz CT molecular complexity index is 1140. The van der Waals surface area contributed by atoms with Crippen LogP contribution in [0.2, 0.25) is 0 Å². The summed E-state index contributed by atoms with van der Waals surface area (Å²) in [5, 5.41) is 1.90. The summed E-state index contributed by atoms with van der Waals surface area (Å²) in [6.07, 6.45) is 5.90. The molecule has 1 radical (unpaired) electrons. The number of rotatable bonds is 1. The molecule has 0 bridgehead atoms. The SMILES string of the molecule is FC1(F)c2ccccc2-c2cn[c-]c(-c3cc4ccccc4cn3)c21.[Ir]. The van der Waals surface area contributed by atoms with Crippen LogP contribution in [-0.2, 0) is 26.0 Å². The number of halogens is 2. The molecule has 26 heavy (non-hydrogen) atoms. The van der Waals surface area contributed by atoms with E-state index >= 15 is 8.78 Å². The normalized spacial score (nSPS) is 13.8. The van der Waals surface area contributed by atoms with Crippen LogP contribution in [0.3, 0.4) is 0 Å². The topological polar surface area (TPSA) is 25.8 Å². The zero-order valence-corrected chi connectivity index (χ0v) is 15.7. The minimum absolute atomic E-state index is 0. The van der Waals surface area contributed by atoms with E-state index in [4.69, 9.17) is 0 Å². The fraction of sp³-hybridized carbons (Fsp3) is 0.0476. The molecular formula is C21H11F2IrN2-. The molecule has 0 saturated heterocycles. The van der Waals surface area contributed by atoms with Gasteiger partial charge in [0.2, 0.25) is 0 Å². The number of benzene rings is 2. The number of aromatic nitrogens is 2. The monoisotopic (exact) mass is 522 g/mol. The number of nitrogens with zero attached hydrogens (tertiary/aromatic N) is 2. The van der Waals surface area contributed by atoms with Gasteiger partial charge in [0.1, 0.15) is 0 Å². The third-order valence-corrected chi connectivity index (χ3v) is 4.65. The van der Waals surface area contributed by atoms with Gasteiger partial charge >= 0.3 is 0 Å². The molecule has 5 heteroatoms. The van der Waals surface area contributed by atoms with Crippen molar-refractivity contribution >= 4 is 10.8 Å². The van der Waals surface area contributed by atoms with Crippen LogP contribution in [0.4, 0.5) is 8.78 Å². The van der Waals surface area contributed by atoms with Gasteiger partial charge in [0, 0.05) is 31.9 Å². The Kier molecular flexibility index (Phi) is 3.94. The summed E-state index contributed by atoms with van der Waals surface area (Å²) in [4.78, 5) is 8.46. The van der Waals surface area contributed by atoms with Gasteiger partial charge in [-0.3, -0.25) is 0 Å². The number of pyridine rings is 2. The van der Waals surface area contributed by atoms with Crippen LogP contribution in [0.25, 0.3) is 33.2 Å². The first-order valence-corrected chi connectivity index (χ1v) is 7.90. The van der Waals surface area contributed by atoms with E-state index in [1.54, 1.807) is 24.4 Å². The fourth-order valence-corrected chi connectivity index (χ4v) is 3.48. The van der Waals surface area contributed by atoms with Crippen molar-refractivity contribution in [1.29, 1.82) is 0 Å². The Balaban J connectivity index is 0.00000168. The van der Waals surface area contributed by atoms with Gasteiger partial charge < -0.3 is 9.97 Å². The molecule has 1 aliphatic rings. The van der Waals surface area contributed by atoms with Gasteiger partial charge in [-0.25, -0.2) is 8.78 Å². The fourth-order valence-electron chi connectivity index (χ4n) is 3.48. The Hall–Kier alpha value is -2.49. The van der Waals surface area contributed by atoms with Crippen LogP contribution in [0.15, 0.2) is 67.0 Å². The van der Waals surface area contributed by atoms with Gasteiger partial charge in [0.15, 0.2) is 0 Å². The third kappa shape index (κ3) is 2.32. The van der Waals surface area contributed by atoms with Crippen LogP contribution in [-0.4, -0.2) is 9.97 Å². The molecule has 2 heterocycles. The van der Waals surface area contributed by atoms with Gasteiger partial charge in [-0.15, -0.1) is 0 Å². The largest absolute Gasteiger partial charge is 0.359 e. The molecule has 129 valence electrons. The zero-order chi connectivity index (χ0) is 17.0. The molecule has 2 aromatic heterocycles. The van der Waals surface area contributed by atoms with E-state index < -0.39 is 5.92 Å². The standard InChI is InChI=1S/C21H11F2N2.Ir/c22-21(23)18-8-4-3-7-15(18)16-11-24-12-17(20(16)21)19-9-13-5-1-2-6-14(13)10-25-19;/h1-11H;/q-1;. The molecule has 0 amide bonds. The average Bonchev–Trinajstić information content (AvgIpc) is 2.90. The first-order valence-electron chi connectivity index (χ1n) is 7.90. The Labute approximate surface area is 162 Å². The molecule has 0 aliphatic heterocycles. The first-order chi connectivity index (χ1) is 12.2. The minimum atomic E-state index is -3.09. The van der Waals surface area contributed by atoms with E-state index in [1.807, 2.05) is 30.3 Å². The molecule has 0 N–H and O–H groups in total. The summed E-state index contributed by atoms with van der Waals surface area (Å²) in [5.41, 5.74) is 1.62. The van der Waals surface area contributed by atoms with Crippen molar-refractivity contribution in [1.82, 2.24) is 9.97 Å². The third-order valence-electron chi connectivity index (χ3n) is 4.65. The summed E-state index contributed by atoms with van der Waals surface area (Å²) in [6.45, 7) is 0. The van der Waals surface area contributed by atoms with E-state index in [9.17, 15) is 0 Å². The maximum atomic E-state index is 15.1. The number of alkyl halides is 2. The average molecular weight is 522 g/mol. The van der Waals surface area contributed by atoms with Crippen molar-refractivity contribution in [3.05, 3.63) is 84.3 Å². The van der Waals surface area contributed by atoms with Crippen molar-refractivity contribution in [3.8, 4) is 22.4 Å². The molecule has 4 aromatic rings. The van der Waals surface area contributed by atoms with E-state index in [1.165, 1.54) is 12.3 Å². The predicted octanol–water partition coefficient (Wildman–Crippen LogP) is 5.21. The van der Waals surface area contributed by atoms with Gasteiger partial charge in [0.25, 0.3) is 5.92 Å². The van der Waals surface area contributed by atoms with E-state index in [0.717, 1.165) is 10.8 Å². The summed E-state index contributed by atoms with van der Waals surface area (Å²) in [7, 11) is 0. The molecule has 2 nitrogen and oxygen atoms in total. The van der Waals surface area contributed by atoms with Crippen LogP contribution in [0.5, 0.6) is 0 Å². The predicted molar refractivity (Wildman–Crippen MR) is 92.2 cm³/mol. The van der Waals surface area contributed by atoms with Crippen LogP contribution < -0.4 is 0 Å². The molecule has 0 spiro atoms. The Morgan fingerprint density at radius 3 is 2.42 bits per heavy atom. The van der Waals surface area contributed by atoms with E-state index in [2.05, 4.69) is 16.2 Å². The van der Waals surface area contributed by atoms with Crippen molar-refractivity contribution in [2.75, 3.05) is 0 Å². The minimum Gasteiger partial charge on any atom is -0.359 e. The number of hydrogen-bond acceptors (Lipinski definition) is 2. The smallest absolute Gasteiger partial charge is 0.268 e. The zero-order valence-electron chi connectivity index (χ0n) is 13.3. The molecule has 2 aromatic carbocycles. The Morgan fingerprint density at radius 1 is 0.846 bits per heavy atom. The van der Waals surface area contributed by atoms with Crippen LogP contribution in [0.1, 0.15) is 11.1 Å². The van der Waals surface area contributed by atoms with Crippen molar-refractivity contribution in [2.24, 2.45) is 0 Å². The van der Waals surface area contributed by atoms with Gasteiger partial charge in [0.05, 0.1) is 0 Å². The van der Waals surface area contributed by atoms with Gasteiger partial charge in [-0.1, -0.05) is 65.7 Å². The quantitative estimate of drug-likeness (QED) is 0.321.